The van der Waals surface area contributed by atoms with Crippen LogP contribution in [0.15, 0.2) is 18.2 Å². The molecule has 0 amide bonds. The molecule has 0 saturated carbocycles. The van der Waals surface area contributed by atoms with E-state index in [1.165, 1.54) is 0 Å². The maximum Gasteiger partial charge on any atom is 0.327 e. The molecule has 1 atom stereocenters. The quantitative estimate of drug-likeness (QED) is 0.700. The molecule has 78 valence electrons. The maximum absolute atomic E-state index is 12.8. The topological polar surface area (TPSA) is 50.1 Å². The van der Waals surface area contributed by atoms with E-state index in [0.29, 0.717) is 6.07 Å². The van der Waals surface area contributed by atoms with Crippen molar-refractivity contribution in [2.75, 3.05) is 7.11 Å². The van der Waals surface area contributed by atoms with Gasteiger partial charge in [0.1, 0.15) is 11.6 Å². The maximum atomic E-state index is 12.8. The van der Waals surface area contributed by atoms with E-state index in [1.807, 2.05) is 0 Å². The van der Waals surface area contributed by atoms with Crippen LogP contribution in [0, 0.1) is 23.0 Å². The van der Waals surface area contributed by atoms with E-state index in [1.54, 1.807) is 6.07 Å². The fourth-order valence-corrected chi connectivity index (χ4v) is 1.12. The van der Waals surface area contributed by atoms with Crippen molar-refractivity contribution in [1.82, 2.24) is 0 Å². The van der Waals surface area contributed by atoms with Crippen molar-refractivity contribution in [2.24, 2.45) is 0 Å². The van der Waals surface area contributed by atoms with E-state index in [0.717, 1.165) is 19.2 Å². The molecule has 0 heterocycles. The van der Waals surface area contributed by atoms with Crippen LogP contribution < -0.4 is 0 Å². The molecule has 1 rings (SSSR count). The number of hydrogen-bond donors (Lipinski definition) is 0. The molecule has 0 bridgehead atoms. The van der Waals surface area contributed by atoms with E-state index in [-0.39, 0.29) is 5.56 Å². The van der Waals surface area contributed by atoms with Gasteiger partial charge in [-0.25, -0.2) is 8.78 Å². The Balaban J connectivity index is 3.14. The van der Waals surface area contributed by atoms with Crippen molar-refractivity contribution in [1.29, 1.82) is 5.26 Å². The van der Waals surface area contributed by atoms with Crippen molar-refractivity contribution in [3.8, 4) is 6.07 Å². The summed E-state index contributed by atoms with van der Waals surface area (Å²) in [5, 5.41) is 8.67. The Morgan fingerprint density at radius 2 is 1.93 bits per heavy atom. The van der Waals surface area contributed by atoms with Crippen LogP contribution in [0.4, 0.5) is 8.78 Å². The highest BCUT2D eigenvalue weighted by Gasteiger charge is 2.22. The Labute approximate surface area is 84.9 Å². The molecule has 1 aromatic rings. The lowest BCUT2D eigenvalue weighted by Crippen LogP contribution is -2.12. The molecule has 0 radical (unpaired) electrons. The summed E-state index contributed by atoms with van der Waals surface area (Å²) in [7, 11) is 1.10. The summed E-state index contributed by atoms with van der Waals surface area (Å²) in [6, 6.07) is 4.13. The molecule has 15 heavy (non-hydrogen) atoms. The van der Waals surface area contributed by atoms with Gasteiger partial charge >= 0.3 is 5.97 Å². The van der Waals surface area contributed by atoms with Crippen LogP contribution in [0.2, 0.25) is 0 Å². The Hall–Kier alpha value is -1.96. The first-order valence-electron chi connectivity index (χ1n) is 4.02. The standard InChI is InChI=1S/C10H7F2NO2/c1-15-10(14)9(5-13)6-2-7(11)4-8(12)3-6/h2-4,9H,1H3. The number of nitrogens with zero attached hydrogens (tertiary/aromatic N) is 1. The number of benzene rings is 1. The first kappa shape index (κ1) is 11.1. The Morgan fingerprint density at radius 3 is 2.33 bits per heavy atom. The van der Waals surface area contributed by atoms with Gasteiger partial charge in [-0.05, 0) is 17.7 Å². The summed E-state index contributed by atoms with van der Waals surface area (Å²) >= 11 is 0. The van der Waals surface area contributed by atoms with Crippen molar-refractivity contribution in [3.05, 3.63) is 35.4 Å². The van der Waals surface area contributed by atoms with Crippen molar-refractivity contribution in [3.63, 3.8) is 0 Å². The summed E-state index contributed by atoms with van der Waals surface area (Å²) in [5.74, 6) is -3.83. The van der Waals surface area contributed by atoms with Gasteiger partial charge in [0.25, 0.3) is 0 Å². The summed E-state index contributed by atoms with van der Waals surface area (Å²) in [5.41, 5.74) is -0.0538. The van der Waals surface area contributed by atoms with Gasteiger partial charge in [0.15, 0.2) is 5.92 Å². The summed E-state index contributed by atoms with van der Waals surface area (Å²) in [4.78, 5) is 11.1. The second-order valence-corrected chi connectivity index (χ2v) is 2.79. The van der Waals surface area contributed by atoms with E-state index in [2.05, 4.69) is 4.74 Å². The van der Waals surface area contributed by atoms with Crippen molar-refractivity contribution < 1.29 is 18.3 Å². The largest absolute Gasteiger partial charge is 0.468 e. The zero-order valence-corrected chi connectivity index (χ0v) is 7.83. The highest BCUT2D eigenvalue weighted by atomic mass is 19.1. The van der Waals surface area contributed by atoms with Crippen LogP contribution in [0.25, 0.3) is 0 Å². The highest BCUT2D eigenvalue weighted by molar-refractivity contribution is 5.81. The van der Waals surface area contributed by atoms with Crippen LogP contribution in [-0.2, 0) is 9.53 Å². The van der Waals surface area contributed by atoms with Crippen molar-refractivity contribution in [2.45, 2.75) is 5.92 Å². The Bertz CT molecular complexity index is 406. The monoisotopic (exact) mass is 211 g/mol. The molecule has 0 spiro atoms. The number of halogens is 2. The first-order chi connectivity index (χ1) is 7.08. The molecule has 0 aromatic heterocycles. The molecule has 0 fully saturated rings. The fraction of sp³-hybridized carbons (Fsp3) is 0.200. The minimum absolute atomic E-state index is 0.0538. The summed E-state index contributed by atoms with van der Waals surface area (Å²) < 4.78 is 29.9. The second kappa shape index (κ2) is 4.51. The van der Waals surface area contributed by atoms with E-state index >= 15 is 0 Å². The van der Waals surface area contributed by atoms with Crippen LogP contribution in [0.5, 0.6) is 0 Å². The Morgan fingerprint density at radius 1 is 1.40 bits per heavy atom. The van der Waals surface area contributed by atoms with Gasteiger partial charge < -0.3 is 4.74 Å². The molecule has 5 heteroatoms. The summed E-state index contributed by atoms with van der Waals surface area (Å²) in [6.45, 7) is 0. The summed E-state index contributed by atoms with van der Waals surface area (Å²) in [6.07, 6.45) is 0. The van der Waals surface area contributed by atoms with Gasteiger partial charge in [0.05, 0.1) is 13.2 Å². The molecular weight excluding hydrogens is 204 g/mol. The lowest BCUT2D eigenvalue weighted by atomic mass is 10.0. The molecule has 1 aromatic carbocycles. The number of ether oxygens (including phenoxy) is 1. The van der Waals surface area contributed by atoms with Crippen LogP contribution in [0.1, 0.15) is 11.5 Å². The predicted molar refractivity (Wildman–Crippen MR) is 46.7 cm³/mol. The minimum Gasteiger partial charge on any atom is -0.468 e. The number of hydrogen-bond acceptors (Lipinski definition) is 3. The smallest absolute Gasteiger partial charge is 0.327 e. The zero-order chi connectivity index (χ0) is 11.4. The minimum atomic E-state index is -1.31. The number of methoxy groups -OCH3 is 1. The third-order valence-electron chi connectivity index (χ3n) is 1.78. The fourth-order valence-electron chi connectivity index (χ4n) is 1.12. The first-order valence-corrected chi connectivity index (χ1v) is 4.02. The molecule has 0 aliphatic rings. The number of carbonyl (C=O) groups is 1. The third-order valence-corrected chi connectivity index (χ3v) is 1.78. The van der Waals surface area contributed by atoms with Gasteiger partial charge in [-0.1, -0.05) is 0 Å². The number of rotatable bonds is 2. The van der Waals surface area contributed by atoms with Gasteiger partial charge in [-0.3, -0.25) is 4.79 Å². The lowest BCUT2D eigenvalue weighted by Gasteiger charge is -2.06. The van der Waals surface area contributed by atoms with Gasteiger partial charge in [-0.15, -0.1) is 0 Å². The zero-order valence-electron chi connectivity index (χ0n) is 7.83. The molecular formula is C10H7F2NO2. The van der Waals surface area contributed by atoms with Crippen molar-refractivity contribution >= 4 is 5.97 Å². The molecule has 1 unspecified atom stereocenters. The SMILES string of the molecule is COC(=O)C(C#N)c1cc(F)cc(F)c1. The predicted octanol–water partition coefficient (Wildman–Crippen LogP) is 1.74. The molecule has 0 aliphatic carbocycles. The van der Waals surface area contributed by atoms with Gasteiger partial charge in [0, 0.05) is 6.07 Å². The Kier molecular flexibility index (Phi) is 3.34. The highest BCUT2D eigenvalue weighted by Crippen LogP contribution is 2.19. The van der Waals surface area contributed by atoms with Crippen LogP contribution in [-0.4, -0.2) is 13.1 Å². The van der Waals surface area contributed by atoms with E-state index in [9.17, 15) is 13.6 Å². The molecule has 0 aliphatic heterocycles. The van der Waals surface area contributed by atoms with Crippen LogP contribution in [0.3, 0.4) is 0 Å². The number of esters is 1. The second-order valence-electron chi connectivity index (χ2n) is 2.79. The normalized spacial score (nSPS) is 11.6. The third kappa shape index (κ3) is 2.50. The molecule has 3 nitrogen and oxygen atoms in total. The molecule has 0 saturated heterocycles. The number of nitriles is 1. The number of carbonyl (C=O) groups excluding carboxylic acids is 1. The molecule has 0 N–H and O–H groups in total. The average molecular weight is 211 g/mol. The van der Waals surface area contributed by atoms with Gasteiger partial charge in [0.2, 0.25) is 0 Å². The van der Waals surface area contributed by atoms with Gasteiger partial charge in [-0.2, -0.15) is 5.26 Å². The van der Waals surface area contributed by atoms with E-state index in [4.69, 9.17) is 5.26 Å². The van der Waals surface area contributed by atoms with Crippen LogP contribution >= 0.6 is 0 Å². The average Bonchev–Trinajstić information content (AvgIpc) is 2.17. The van der Waals surface area contributed by atoms with E-state index < -0.39 is 23.5 Å². The lowest BCUT2D eigenvalue weighted by molar-refractivity contribution is -0.140.